The molecule has 0 saturated heterocycles. The van der Waals surface area contributed by atoms with Gasteiger partial charge in [0.2, 0.25) is 0 Å². The smallest absolute Gasteiger partial charge is 0.322 e. The van der Waals surface area contributed by atoms with E-state index in [1.807, 2.05) is 11.5 Å². The lowest BCUT2D eigenvalue weighted by Crippen LogP contribution is -2.25. The minimum absolute atomic E-state index is 0.0287. The summed E-state index contributed by atoms with van der Waals surface area (Å²) in [6.45, 7) is 8.74. The Labute approximate surface area is 97.7 Å². The van der Waals surface area contributed by atoms with Crippen LogP contribution in [0.1, 0.15) is 26.6 Å². The summed E-state index contributed by atoms with van der Waals surface area (Å²) in [5.74, 6) is 0.724. The van der Waals surface area contributed by atoms with Crippen molar-refractivity contribution in [2.45, 2.75) is 34.2 Å². The summed E-state index contributed by atoms with van der Waals surface area (Å²) < 4.78 is 1.84. The zero-order chi connectivity index (χ0) is 12.8. The predicted octanol–water partition coefficient (Wildman–Crippen LogP) is 0.767. The number of aryl methyl sites for hydroxylation is 1. The van der Waals surface area contributed by atoms with Gasteiger partial charge in [0.1, 0.15) is 5.82 Å². The predicted molar refractivity (Wildman–Crippen MR) is 65.2 cm³/mol. The van der Waals surface area contributed by atoms with Crippen LogP contribution in [0.2, 0.25) is 0 Å². The van der Waals surface area contributed by atoms with Crippen molar-refractivity contribution < 1.29 is 0 Å². The fourth-order valence-electron chi connectivity index (χ4n) is 1.85. The zero-order valence-corrected chi connectivity index (χ0v) is 10.4. The fourth-order valence-corrected chi connectivity index (χ4v) is 1.85. The molecule has 2 N–H and O–H groups in total. The highest BCUT2D eigenvalue weighted by atomic mass is 16.2. The molecule has 0 fully saturated rings. The highest BCUT2D eigenvalue weighted by molar-refractivity contribution is 5.69. The van der Waals surface area contributed by atoms with Crippen LogP contribution >= 0.6 is 0 Å². The maximum Gasteiger partial charge on any atom is 0.327 e. The van der Waals surface area contributed by atoms with E-state index in [0.717, 1.165) is 5.82 Å². The van der Waals surface area contributed by atoms with Crippen LogP contribution in [0.3, 0.4) is 0 Å². The second kappa shape index (κ2) is 3.58. The standard InChI is InChI=1S/C11H16N4O2/c1-6-12-8-7(9(16)14-10(17)13-8)15(6)5-11(2,3)4/h5H2,1-4H3,(H2,13,14,16,17). The monoisotopic (exact) mass is 236 g/mol. The van der Waals surface area contributed by atoms with Crippen LogP contribution < -0.4 is 11.2 Å². The van der Waals surface area contributed by atoms with Gasteiger partial charge >= 0.3 is 5.69 Å². The van der Waals surface area contributed by atoms with E-state index in [-0.39, 0.29) is 5.41 Å². The Bertz CT molecular complexity index is 669. The van der Waals surface area contributed by atoms with Gasteiger partial charge in [0.25, 0.3) is 5.56 Å². The van der Waals surface area contributed by atoms with Crippen molar-refractivity contribution in [1.29, 1.82) is 0 Å². The second-order valence-electron chi connectivity index (χ2n) is 5.41. The molecule has 0 aliphatic heterocycles. The van der Waals surface area contributed by atoms with E-state index < -0.39 is 11.2 Å². The largest absolute Gasteiger partial charge is 0.327 e. The van der Waals surface area contributed by atoms with E-state index in [0.29, 0.717) is 17.7 Å². The van der Waals surface area contributed by atoms with Crippen molar-refractivity contribution in [3.05, 3.63) is 26.7 Å². The second-order valence-corrected chi connectivity index (χ2v) is 5.41. The molecular formula is C11H16N4O2. The van der Waals surface area contributed by atoms with Gasteiger partial charge in [-0.15, -0.1) is 0 Å². The van der Waals surface area contributed by atoms with Crippen LogP contribution in [0.25, 0.3) is 11.2 Å². The summed E-state index contributed by atoms with van der Waals surface area (Å²) in [6.07, 6.45) is 0. The van der Waals surface area contributed by atoms with Crippen LogP contribution in [0.15, 0.2) is 9.59 Å². The molecule has 0 radical (unpaired) electrons. The number of hydrogen-bond donors (Lipinski definition) is 2. The molecule has 92 valence electrons. The van der Waals surface area contributed by atoms with E-state index in [1.54, 1.807) is 0 Å². The number of imidazole rings is 1. The van der Waals surface area contributed by atoms with E-state index in [4.69, 9.17) is 0 Å². The summed E-state index contributed by atoms with van der Waals surface area (Å²) in [5, 5.41) is 0. The lowest BCUT2D eigenvalue weighted by atomic mass is 9.97. The minimum atomic E-state index is -0.525. The van der Waals surface area contributed by atoms with Gasteiger partial charge in [-0.2, -0.15) is 0 Å². The number of rotatable bonds is 1. The Kier molecular flexibility index (Phi) is 2.45. The van der Waals surface area contributed by atoms with Gasteiger partial charge in [-0.25, -0.2) is 9.78 Å². The molecule has 2 heterocycles. The molecular weight excluding hydrogens is 220 g/mol. The molecule has 17 heavy (non-hydrogen) atoms. The average molecular weight is 236 g/mol. The molecule has 2 rings (SSSR count). The SMILES string of the molecule is Cc1nc2[nH]c(=O)[nH]c(=O)c2n1CC(C)(C)C. The van der Waals surface area contributed by atoms with E-state index in [9.17, 15) is 9.59 Å². The average Bonchev–Trinajstić information content (AvgIpc) is 2.39. The quantitative estimate of drug-likeness (QED) is 0.767. The van der Waals surface area contributed by atoms with E-state index in [1.165, 1.54) is 0 Å². The number of aromatic nitrogens is 4. The molecule has 2 aromatic rings. The Morgan fingerprint density at radius 3 is 2.47 bits per heavy atom. The Morgan fingerprint density at radius 1 is 1.24 bits per heavy atom. The third kappa shape index (κ3) is 2.15. The van der Waals surface area contributed by atoms with Crippen LogP contribution in [0.5, 0.6) is 0 Å². The molecule has 0 aromatic carbocycles. The van der Waals surface area contributed by atoms with Crippen LogP contribution in [-0.2, 0) is 6.54 Å². The number of fused-ring (bicyclic) bond motifs is 1. The molecule has 0 atom stereocenters. The van der Waals surface area contributed by atoms with E-state index >= 15 is 0 Å². The van der Waals surface area contributed by atoms with Crippen molar-refractivity contribution in [3.63, 3.8) is 0 Å². The summed E-state index contributed by atoms with van der Waals surface area (Å²) in [4.78, 5) is 31.9. The molecule has 0 unspecified atom stereocenters. The van der Waals surface area contributed by atoms with Crippen LogP contribution in [-0.4, -0.2) is 19.5 Å². The number of aromatic amines is 2. The first-order valence-electron chi connectivity index (χ1n) is 5.47. The zero-order valence-electron chi connectivity index (χ0n) is 10.4. The first-order chi connectivity index (χ1) is 7.78. The fraction of sp³-hybridized carbons (Fsp3) is 0.545. The van der Waals surface area contributed by atoms with Crippen LogP contribution in [0.4, 0.5) is 0 Å². The Hall–Kier alpha value is -1.85. The summed E-state index contributed by atoms with van der Waals surface area (Å²) in [6, 6.07) is 0. The molecule has 6 heteroatoms. The molecule has 0 aliphatic carbocycles. The summed E-state index contributed by atoms with van der Waals surface area (Å²) in [5.41, 5.74) is -0.116. The van der Waals surface area contributed by atoms with Gasteiger partial charge in [0, 0.05) is 6.54 Å². The van der Waals surface area contributed by atoms with Gasteiger partial charge in [-0.3, -0.25) is 14.8 Å². The third-order valence-corrected chi connectivity index (χ3v) is 2.46. The summed E-state index contributed by atoms with van der Waals surface area (Å²) >= 11 is 0. The van der Waals surface area contributed by atoms with Gasteiger partial charge in [0.05, 0.1) is 0 Å². The molecule has 2 aromatic heterocycles. The van der Waals surface area contributed by atoms with Gasteiger partial charge in [0.15, 0.2) is 11.2 Å². The first kappa shape index (κ1) is 11.6. The van der Waals surface area contributed by atoms with Crippen molar-refractivity contribution in [2.75, 3.05) is 0 Å². The number of nitrogens with one attached hydrogen (secondary N) is 2. The molecule has 0 aliphatic rings. The number of H-pyrrole nitrogens is 2. The Balaban J connectivity index is 2.76. The van der Waals surface area contributed by atoms with Crippen molar-refractivity contribution in [3.8, 4) is 0 Å². The Morgan fingerprint density at radius 2 is 1.88 bits per heavy atom. The van der Waals surface area contributed by atoms with Gasteiger partial charge in [-0.05, 0) is 12.3 Å². The highest BCUT2D eigenvalue weighted by Crippen LogP contribution is 2.19. The number of nitrogens with zero attached hydrogens (tertiary/aromatic N) is 2. The van der Waals surface area contributed by atoms with Gasteiger partial charge < -0.3 is 4.57 Å². The van der Waals surface area contributed by atoms with E-state index in [2.05, 4.69) is 35.7 Å². The maximum absolute atomic E-state index is 11.8. The van der Waals surface area contributed by atoms with Crippen molar-refractivity contribution >= 4 is 11.2 Å². The van der Waals surface area contributed by atoms with Crippen LogP contribution in [0, 0.1) is 12.3 Å². The molecule has 0 spiro atoms. The molecule has 0 amide bonds. The van der Waals surface area contributed by atoms with Crippen molar-refractivity contribution in [2.24, 2.45) is 5.41 Å². The molecule has 0 bridgehead atoms. The normalized spacial score (nSPS) is 12.2. The third-order valence-electron chi connectivity index (χ3n) is 2.46. The summed E-state index contributed by atoms with van der Waals surface area (Å²) in [7, 11) is 0. The lowest BCUT2D eigenvalue weighted by molar-refractivity contribution is 0.344. The molecule has 6 nitrogen and oxygen atoms in total. The van der Waals surface area contributed by atoms with Gasteiger partial charge in [-0.1, -0.05) is 20.8 Å². The number of hydrogen-bond acceptors (Lipinski definition) is 3. The lowest BCUT2D eigenvalue weighted by Gasteiger charge is -2.20. The molecule has 0 saturated carbocycles. The minimum Gasteiger partial charge on any atom is -0.322 e. The highest BCUT2D eigenvalue weighted by Gasteiger charge is 2.18. The topological polar surface area (TPSA) is 83.5 Å². The maximum atomic E-state index is 11.8. The van der Waals surface area contributed by atoms with Crippen molar-refractivity contribution in [1.82, 2.24) is 19.5 Å². The first-order valence-corrected chi connectivity index (χ1v) is 5.47.